The Bertz CT molecular complexity index is 633. The highest BCUT2D eigenvalue weighted by atomic mass is 16.2. The zero-order valence-corrected chi connectivity index (χ0v) is 12.3. The largest absolute Gasteiger partial charge is 0.361 e. The summed E-state index contributed by atoms with van der Waals surface area (Å²) >= 11 is 0. The van der Waals surface area contributed by atoms with Gasteiger partial charge in [0.05, 0.1) is 6.42 Å². The maximum Gasteiger partial charge on any atom is 0.316 e. The molecule has 3 amide bonds. The molecule has 0 spiro atoms. The number of H-pyrrole nitrogens is 1. The van der Waals surface area contributed by atoms with Gasteiger partial charge in [0.25, 0.3) is 0 Å². The molecule has 0 atom stereocenters. The van der Waals surface area contributed by atoms with E-state index in [0.717, 1.165) is 16.5 Å². The third-order valence-electron chi connectivity index (χ3n) is 3.16. The highest BCUT2D eigenvalue weighted by Gasteiger charge is 2.08. The van der Waals surface area contributed by atoms with Crippen molar-refractivity contribution in [1.82, 2.24) is 20.5 Å². The van der Waals surface area contributed by atoms with Gasteiger partial charge < -0.3 is 20.5 Å². The van der Waals surface area contributed by atoms with Gasteiger partial charge in [-0.2, -0.15) is 0 Å². The minimum Gasteiger partial charge on any atom is -0.361 e. The lowest BCUT2D eigenvalue weighted by molar-refractivity contribution is -0.120. The number of para-hydroxylation sites is 1. The molecule has 0 bridgehead atoms. The fraction of sp³-hybridized carbons (Fsp3) is 0.333. The Labute approximate surface area is 123 Å². The van der Waals surface area contributed by atoms with Crippen LogP contribution in [0.15, 0.2) is 30.5 Å². The quantitative estimate of drug-likeness (QED) is 0.720. The van der Waals surface area contributed by atoms with Gasteiger partial charge in [0, 0.05) is 44.3 Å². The SMILES string of the molecule is CN(C)C(=O)NCCNC(=O)Cc1c[nH]c2ccccc12. The number of carbonyl (C=O) groups excluding carboxylic acids is 2. The van der Waals surface area contributed by atoms with Crippen molar-refractivity contribution in [2.45, 2.75) is 6.42 Å². The summed E-state index contributed by atoms with van der Waals surface area (Å²) in [5.74, 6) is -0.0566. The number of amides is 3. The molecule has 0 unspecified atom stereocenters. The van der Waals surface area contributed by atoms with Gasteiger partial charge in [-0.3, -0.25) is 4.79 Å². The molecule has 2 aromatic rings. The minimum absolute atomic E-state index is 0.0566. The van der Waals surface area contributed by atoms with Crippen LogP contribution in [-0.4, -0.2) is 49.0 Å². The first-order chi connectivity index (χ1) is 10.1. The molecule has 0 saturated heterocycles. The zero-order chi connectivity index (χ0) is 15.2. The Morgan fingerprint density at radius 2 is 1.86 bits per heavy atom. The van der Waals surface area contributed by atoms with E-state index in [-0.39, 0.29) is 11.9 Å². The summed E-state index contributed by atoms with van der Waals surface area (Å²) < 4.78 is 0. The lowest BCUT2D eigenvalue weighted by Gasteiger charge is -2.12. The number of nitrogens with zero attached hydrogens (tertiary/aromatic N) is 1. The predicted molar refractivity (Wildman–Crippen MR) is 82.1 cm³/mol. The number of urea groups is 1. The van der Waals surface area contributed by atoms with E-state index in [9.17, 15) is 9.59 Å². The van der Waals surface area contributed by atoms with E-state index < -0.39 is 0 Å². The Kier molecular flexibility index (Phi) is 4.81. The molecule has 0 aliphatic heterocycles. The number of hydrogen-bond acceptors (Lipinski definition) is 2. The van der Waals surface area contributed by atoms with Gasteiger partial charge in [-0.1, -0.05) is 18.2 Å². The Morgan fingerprint density at radius 1 is 1.14 bits per heavy atom. The summed E-state index contributed by atoms with van der Waals surface area (Å²) in [5.41, 5.74) is 2.00. The second kappa shape index (κ2) is 6.78. The molecular weight excluding hydrogens is 268 g/mol. The first-order valence-electron chi connectivity index (χ1n) is 6.85. The van der Waals surface area contributed by atoms with E-state index in [1.54, 1.807) is 14.1 Å². The normalized spacial score (nSPS) is 10.4. The van der Waals surface area contributed by atoms with Crippen molar-refractivity contribution >= 4 is 22.8 Å². The molecule has 0 radical (unpaired) electrons. The van der Waals surface area contributed by atoms with Crippen LogP contribution in [0.25, 0.3) is 10.9 Å². The maximum absolute atomic E-state index is 11.9. The minimum atomic E-state index is -0.166. The topological polar surface area (TPSA) is 77.2 Å². The van der Waals surface area contributed by atoms with Crippen LogP contribution in [0.2, 0.25) is 0 Å². The molecule has 6 nitrogen and oxygen atoms in total. The van der Waals surface area contributed by atoms with E-state index in [1.807, 2.05) is 30.5 Å². The molecule has 6 heteroatoms. The molecule has 0 aliphatic carbocycles. The summed E-state index contributed by atoms with van der Waals surface area (Å²) in [6, 6.07) is 7.71. The van der Waals surface area contributed by atoms with Gasteiger partial charge in [-0.15, -0.1) is 0 Å². The molecular formula is C15H20N4O2. The number of benzene rings is 1. The van der Waals surface area contributed by atoms with Crippen molar-refractivity contribution in [2.24, 2.45) is 0 Å². The number of aromatic amines is 1. The summed E-state index contributed by atoms with van der Waals surface area (Å²) in [7, 11) is 3.34. The number of rotatable bonds is 5. The molecule has 0 saturated carbocycles. The number of nitrogens with one attached hydrogen (secondary N) is 3. The van der Waals surface area contributed by atoms with Crippen molar-refractivity contribution in [3.05, 3.63) is 36.0 Å². The Morgan fingerprint density at radius 3 is 2.62 bits per heavy atom. The smallest absolute Gasteiger partial charge is 0.316 e. The predicted octanol–water partition coefficient (Wildman–Crippen LogP) is 1.10. The summed E-state index contributed by atoms with van der Waals surface area (Å²) in [4.78, 5) is 27.8. The highest BCUT2D eigenvalue weighted by molar-refractivity contribution is 5.88. The van der Waals surface area contributed by atoms with Crippen LogP contribution in [-0.2, 0) is 11.2 Å². The summed E-state index contributed by atoms with van der Waals surface area (Å²) in [6.07, 6.45) is 2.18. The summed E-state index contributed by atoms with van der Waals surface area (Å²) in [5, 5.41) is 6.55. The average Bonchev–Trinajstić information content (AvgIpc) is 2.86. The number of aromatic nitrogens is 1. The van der Waals surface area contributed by atoms with Gasteiger partial charge in [-0.25, -0.2) is 4.79 Å². The first kappa shape index (κ1) is 14.9. The Hall–Kier alpha value is -2.50. The number of carbonyl (C=O) groups is 2. The van der Waals surface area contributed by atoms with Crippen molar-refractivity contribution in [1.29, 1.82) is 0 Å². The highest BCUT2D eigenvalue weighted by Crippen LogP contribution is 2.17. The fourth-order valence-electron chi connectivity index (χ4n) is 2.04. The number of hydrogen-bond donors (Lipinski definition) is 3. The van der Waals surface area contributed by atoms with Gasteiger partial charge in [0.2, 0.25) is 5.91 Å². The second-order valence-electron chi connectivity index (χ2n) is 5.01. The van der Waals surface area contributed by atoms with Gasteiger partial charge in [0.15, 0.2) is 0 Å². The third-order valence-corrected chi connectivity index (χ3v) is 3.16. The second-order valence-corrected chi connectivity index (χ2v) is 5.01. The molecule has 1 aromatic carbocycles. The monoisotopic (exact) mass is 288 g/mol. The number of fused-ring (bicyclic) bond motifs is 1. The van der Waals surface area contributed by atoms with Crippen LogP contribution in [0.5, 0.6) is 0 Å². The van der Waals surface area contributed by atoms with Crippen molar-refractivity contribution in [3.63, 3.8) is 0 Å². The Balaban J connectivity index is 1.79. The molecule has 0 aliphatic rings. The van der Waals surface area contributed by atoms with Crippen LogP contribution < -0.4 is 10.6 Å². The van der Waals surface area contributed by atoms with Crippen LogP contribution in [0, 0.1) is 0 Å². The molecule has 3 N–H and O–H groups in total. The molecule has 1 heterocycles. The van der Waals surface area contributed by atoms with E-state index in [2.05, 4.69) is 15.6 Å². The van der Waals surface area contributed by atoms with Crippen LogP contribution in [0.3, 0.4) is 0 Å². The van der Waals surface area contributed by atoms with Crippen LogP contribution >= 0.6 is 0 Å². The van der Waals surface area contributed by atoms with Gasteiger partial charge >= 0.3 is 6.03 Å². The standard InChI is InChI=1S/C15H20N4O2/c1-19(2)15(21)17-8-7-16-14(20)9-11-10-18-13-6-4-3-5-12(11)13/h3-6,10,18H,7-9H2,1-2H3,(H,16,20)(H,17,21). The average molecular weight is 288 g/mol. The molecule has 1 aromatic heterocycles. The first-order valence-corrected chi connectivity index (χ1v) is 6.85. The van der Waals surface area contributed by atoms with Crippen molar-refractivity contribution in [2.75, 3.05) is 27.2 Å². The zero-order valence-electron chi connectivity index (χ0n) is 12.3. The van der Waals surface area contributed by atoms with Gasteiger partial charge in [0.1, 0.15) is 0 Å². The molecule has 0 fully saturated rings. The summed E-state index contributed by atoms with van der Waals surface area (Å²) in [6.45, 7) is 0.831. The van der Waals surface area contributed by atoms with E-state index >= 15 is 0 Å². The van der Waals surface area contributed by atoms with Crippen molar-refractivity contribution in [3.8, 4) is 0 Å². The molecule has 112 valence electrons. The lowest BCUT2D eigenvalue weighted by Crippen LogP contribution is -2.39. The fourth-order valence-corrected chi connectivity index (χ4v) is 2.04. The van der Waals surface area contributed by atoms with E-state index in [4.69, 9.17) is 0 Å². The van der Waals surface area contributed by atoms with E-state index in [0.29, 0.717) is 19.5 Å². The van der Waals surface area contributed by atoms with Crippen LogP contribution in [0.4, 0.5) is 4.79 Å². The van der Waals surface area contributed by atoms with Crippen molar-refractivity contribution < 1.29 is 9.59 Å². The van der Waals surface area contributed by atoms with Crippen LogP contribution in [0.1, 0.15) is 5.56 Å². The maximum atomic E-state index is 11.9. The van der Waals surface area contributed by atoms with E-state index in [1.165, 1.54) is 4.90 Å². The molecule has 2 rings (SSSR count). The molecule has 21 heavy (non-hydrogen) atoms. The third kappa shape index (κ3) is 3.98. The lowest BCUT2D eigenvalue weighted by atomic mass is 10.1. The van der Waals surface area contributed by atoms with Gasteiger partial charge in [-0.05, 0) is 11.6 Å².